The average molecular weight is 342 g/mol. The number of nitrogens with one attached hydrogen (secondary N) is 2. The summed E-state index contributed by atoms with van der Waals surface area (Å²) in [6, 6.07) is 10.6. The van der Waals surface area contributed by atoms with Crippen molar-refractivity contribution in [2.45, 2.75) is 12.8 Å². The van der Waals surface area contributed by atoms with Crippen molar-refractivity contribution in [2.75, 3.05) is 0 Å². The molecule has 2 heterocycles. The highest BCUT2D eigenvalue weighted by atomic mass is 32.1. The number of hydrazine groups is 1. The fraction of sp³-hybridized carbons (Fsp3) is 0.133. The molecule has 0 bridgehead atoms. The zero-order chi connectivity index (χ0) is 16.8. The molecule has 2 aromatic heterocycles. The maximum absolute atomic E-state index is 12.0. The van der Waals surface area contributed by atoms with Crippen LogP contribution in [0.5, 0.6) is 0 Å². The van der Waals surface area contributed by atoms with Gasteiger partial charge in [0.1, 0.15) is 6.33 Å². The molecule has 2 amide bonds. The quantitative estimate of drug-likeness (QED) is 0.677. The number of thiophene rings is 1. The zero-order valence-corrected chi connectivity index (χ0v) is 13.4. The molecule has 8 nitrogen and oxygen atoms in total. The summed E-state index contributed by atoms with van der Waals surface area (Å²) in [5.41, 5.74) is 5.97. The summed E-state index contributed by atoms with van der Waals surface area (Å²) in [6.45, 7) is 0. The first-order valence-electron chi connectivity index (χ1n) is 7.17. The molecule has 2 N–H and O–H groups in total. The molecule has 122 valence electrons. The van der Waals surface area contributed by atoms with Gasteiger partial charge in [-0.15, -0.1) is 16.4 Å². The first-order valence-corrected chi connectivity index (χ1v) is 8.05. The van der Waals surface area contributed by atoms with Crippen molar-refractivity contribution in [2.24, 2.45) is 0 Å². The second-order valence-corrected chi connectivity index (χ2v) is 5.92. The molecule has 0 saturated heterocycles. The molecule has 1 aromatic carbocycles. The van der Waals surface area contributed by atoms with Crippen LogP contribution < -0.4 is 10.9 Å². The van der Waals surface area contributed by atoms with Crippen LogP contribution in [0.25, 0.3) is 5.69 Å². The lowest BCUT2D eigenvalue weighted by molar-refractivity contribution is -0.121. The van der Waals surface area contributed by atoms with Crippen molar-refractivity contribution in [1.82, 2.24) is 31.1 Å². The molecular formula is C15H14N6O2S. The number of hydrogen-bond acceptors (Lipinski definition) is 6. The van der Waals surface area contributed by atoms with Crippen LogP contribution in [0.4, 0.5) is 0 Å². The van der Waals surface area contributed by atoms with Crippen molar-refractivity contribution in [3.63, 3.8) is 0 Å². The minimum absolute atomic E-state index is 0.234. The number of amides is 2. The monoisotopic (exact) mass is 342 g/mol. The van der Waals surface area contributed by atoms with Gasteiger partial charge in [0.25, 0.3) is 5.91 Å². The number of carbonyl (C=O) groups excluding carboxylic acids is 2. The van der Waals surface area contributed by atoms with E-state index in [9.17, 15) is 9.59 Å². The Balaban J connectivity index is 1.48. The van der Waals surface area contributed by atoms with Crippen LogP contribution in [0, 0.1) is 0 Å². The minimum atomic E-state index is -0.386. The molecule has 0 aliphatic rings. The molecular weight excluding hydrogens is 328 g/mol. The molecule has 0 radical (unpaired) electrons. The van der Waals surface area contributed by atoms with Crippen LogP contribution in [-0.4, -0.2) is 32.0 Å². The van der Waals surface area contributed by atoms with Gasteiger partial charge in [-0.1, -0.05) is 6.07 Å². The summed E-state index contributed by atoms with van der Waals surface area (Å²) < 4.78 is 1.48. The molecule has 3 aromatic rings. The van der Waals surface area contributed by atoms with Gasteiger partial charge in [-0.3, -0.25) is 20.4 Å². The Kier molecular flexibility index (Phi) is 4.92. The smallest absolute Gasteiger partial charge is 0.269 e. The SMILES string of the molecule is O=C(CCc1cccs1)NNC(=O)c1ccc(-n2cnnn2)cc1. The Morgan fingerprint density at radius 2 is 1.96 bits per heavy atom. The lowest BCUT2D eigenvalue weighted by atomic mass is 10.2. The number of tetrazole rings is 1. The van der Waals surface area contributed by atoms with Gasteiger partial charge in [-0.2, -0.15) is 0 Å². The Bertz CT molecular complexity index is 799. The first kappa shape index (κ1) is 15.8. The molecule has 0 unspecified atom stereocenters. The highest BCUT2D eigenvalue weighted by Crippen LogP contribution is 2.10. The second kappa shape index (κ2) is 7.47. The van der Waals surface area contributed by atoms with E-state index in [1.54, 1.807) is 35.6 Å². The molecule has 0 saturated carbocycles. The summed E-state index contributed by atoms with van der Waals surface area (Å²) in [7, 11) is 0. The molecule has 0 spiro atoms. The molecule has 9 heteroatoms. The third-order valence-corrected chi connectivity index (χ3v) is 4.17. The number of rotatable bonds is 5. The number of hydrogen-bond donors (Lipinski definition) is 2. The van der Waals surface area contributed by atoms with E-state index in [1.807, 2.05) is 17.5 Å². The number of carbonyl (C=O) groups is 2. The highest BCUT2D eigenvalue weighted by Gasteiger charge is 2.08. The Hall–Kier alpha value is -3.07. The van der Waals surface area contributed by atoms with Gasteiger partial charge in [-0.25, -0.2) is 4.68 Å². The van der Waals surface area contributed by atoms with Crippen molar-refractivity contribution in [3.05, 3.63) is 58.5 Å². The van der Waals surface area contributed by atoms with E-state index in [2.05, 4.69) is 26.4 Å². The topological polar surface area (TPSA) is 102 Å². The molecule has 0 aliphatic carbocycles. The molecule has 24 heavy (non-hydrogen) atoms. The summed E-state index contributed by atoms with van der Waals surface area (Å²) in [5, 5.41) is 12.8. The zero-order valence-electron chi connectivity index (χ0n) is 12.5. The van der Waals surface area contributed by atoms with Crippen molar-refractivity contribution in [1.29, 1.82) is 0 Å². The van der Waals surface area contributed by atoms with Crippen LogP contribution in [0.1, 0.15) is 21.7 Å². The summed E-state index contributed by atoms with van der Waals surface area (Å²) in [5.74, 6) is -0.621. The summed E-state index contributed by atoms with van der Waals surface area (Å²) in [6.07, 6.45) is 2.43. The predicted octanol–water partition coefficient (Wildman–Crippen LogP) is 1.12. The Labute approximate surface area is 141 Å². The first-order chi connectivity index (χ1) is 11.7. The van der Waals surface area contributed by atoms with Gasteiger partial charge in [0, 0.05) is 16.9 Å². The van der Waals surface area contributed by atoms with Gasteiger partial charge in [0.05, 0.1) is 5.69 Å². The van der Waals surface area contributed by atoms with E-state index in [0.717, 1.165) is 10.6 Å². The normalized spacial score (nSPS) is 10.3. The average Bonchev–Trinajstić information content (AvgIpc) is 3.31. The van der Waals surface area contributed by atoms with Crippen LogP contribution >= 0.6 is 11.3 Å². The molecule has 0 aliphatic heterocycles. The third kappa shape index (κ3) is 4.02. The van der Waals surface area contributed by atoms with Crippen molar-refractivity contribution < 1.29 is 9.59 Å². The van der Waals surface area contributed by atoms with Gasteiger partial charge >= 0.3 is 0 Å². The summed E-state index contributed by atoms with van der Waals surface area (Å²) >= 11 is 1.60. The highest BCUT2D eigenvalue weighted by molar-refractivity contribution is 7.09. The van der Waals surface area contributed by atoms with E-state index in [4.69, 9.17) is 0 Å². The number of benzene rings is 1. The van der Waals surface area contributed by atoms with Crippen LogP contribution in [0.3, 0.4) is 0 Å². The van der Waals surface area contributed by atoms with Gasteiger partial charge < -0.3 is 0 Å². The number of aryl methyl sites for hydroxylation is 1. The molecule has 0 fully saturated rings. The second-order valence-electron chi connectivity index (χ2n) is 4.88. The maximum Gasteiger partial charge on any atom is 0.269 e. The molecule has 0 atom stereocenters. The molecule has 3 rings (SSSR count). The van der Waals surface area contributed by atoms with Crippen LogP contribution in [-0.2, 0) is 11.2 Å². The van der Waals surface area contributed by atoms with Gasteiger partial charge in [0.15, 0.2) is 0 Å². The van der Waals surface area contributed by atoms with Crippen LogP contribution in [0.2, 0.25) is 0 Å². The fourth-order valence-electron chi connectivity index (χ4n) is 2.00. The standard InChI is InChI=1S/C15H14N6O2S/c22-14(8-7-13-2-1-9-24-13)17-18-15(23)11-3-5-12(6-4-11)21-10-16-19-20-21/h1-6,9-10H,7-8H2,(H,17,22)(H,18,23). The predicted molar refractivity (Wildman–Crippen MR) is 87.4 cm³/mol. The van der Waals surface area contributed by atoms with Crippen molar-refractivity contribution in [3.8, 4) is 5.69 Å². The largest absolute Gasteiger partial charge is 0.273 e. The summed E-state index contributed by atoms with van der Waals surface area (Å²) in [4.78, 5) is 24.9. The lowest BCUT2D eigenvalue weighted by Crippen LogP contribution is -2.41. The van der Waals surface area contributed by atoms with Crippen molar-refractivity contribution >= 4 is 23.2 Å². The Morgan fingerprint density at radius 3 is 2.62 bits per heavy atom. The lowest BCUT2D eigenvalue weighted by Gasteiger charge is -2.07. The Morgan fingerprint density at radius 1 is 1.12 bits per heavy atom. The number of aromatic nitrogens is 4. The van der Waals surface area contributed by atoms with E-state index < -0.39 is 0 Å². The van der Waals surface area contributed by atoms with E-state index in [1.165, 1.54) is 11.0 Å². The van der Waals surface area contributed by atoms with E-state index in [-0.39, 0.29) is 11.8 Å². The third-order valence-electron chi connectivity index (χ3n) is 3.24. The van der Waals surface area contributed by atoms with E-state index >= 15 is 0 Å². The fourth-order valence-corrected chi connectivity index (χ4v) is 2.71. The van der Waals surface area contributed by atoms with E-state index in [0.29, 0.717) is 18.4 Å². The van der Waals surface area contributed by atoms with Gasteiger partial charge in [-0.05, 0) is 52.6 Å². The minimum Gasteiger partial charge on any atom is -0.273 e. The maximum atomic E-state index is 12.0. The van der Waals surface area contributed by atoms with Crippen LogP contribution in [0.15, 0.2) is 48.1 Å². The van der Waals surface area contributed by atoms with Gasteiger partial charge in [0.2, 0.25) is 5.91 Å². The number of nitrogens with zero attached hydrogens (tertiary/aromatic N) is 4.